The Morgan fingerprint density at radius 1 is 1.16 bits per heavy atom. The molecule has 4 rings (SSSR count). The number of amidine groups is 1. The molecule has 2 heterocycles. The molecule has 2 atom stereocenters. The second kappa shape index (κ2) is 8.67. The number of benzene rings is 2. The van der Waals surface area contributed by atoms with E-state index >= 15 is 0 Å². The molecule has 2 aliphatic heterocycles. The molecule has 8 heteroatoms. The fourth-order valence-electron chi connectivity index (χ4n) is 4.20. The molecule has 0 unspecified atom stereocenters. The average molecular weight is 459 g/mol. The van der Waals surface area contributed by atoms with E-state index in [4.69, 9.17) is 4.74 Å². The number of thioether (sulfide) groups is 1. The second-order valence-corrected chi connectivity index (χ2v) is 11.5. The third-order valence-electron chi connectivity index (χ3n) is 5.64. The highest BCUT2D eigenvalue weighted by Gasteiger charge is 2.49. The molecule has 2 aromatic carbocycles. The predicted octanol–water partition coefficient (Wildman–Crippen LogP) is 3.66. The van der Waals surface area contributed by atoms with Crippen LogP contribution in [0.4, 0.5) is 5.69 Å². The first-order chi connectivity index (χ1) is 14.8. The van der Waals surface area contributed by atoms with E-state index in [1.807, 2.05) is 47.4 Å². The minimum Gasteiger partial charge on any atom is -0.496 e. The molecule has 0 aliphatic carbocycles. The van der Waals surface area contributed by atoms with E-state index < -0.39 is 9.84 Å². The first-order valence-corrected chi connectivity index (χ1v) is 13.0. The molecule has 2 aromatic rings. The Kier molecular flexibility index (Phi) is 6.12. The first-order valence-electron chi connectivity index (χ1n) is 10.3. The van der Waals surface area contributed by atoms with Crippen LogP contribution in [0.2, 0.25) is 0 Å². The number of nitrogens with zero attached hydrogens (tertiary/aromatic N) is 2. The van der Waals surface area contributed by atoms with Gasteiger partial charge in [-0.15, -0.1) is 0 Å². The van der Waals surface area contributed by atoms with Crippen molar-refractivity contribution in [1.82, 2.24) is 0 Å². The maximum Gasteiger partial charge on any atom is 0.252 e. The van der Waals surface area contributed by atoms with Crippen LogP contribution in [0.15, 0.2) is 53.5 Å². The van der Waals surface area contributed by atoms with Crippen LogP contribution in [0.3, 0.4) is 0 Å². The van der Waals surface area contributed by atoms with Crippen molar-refractivity contribution in [3.63, 3.8) is 0 Å². The molecule has 0 aromatic heterocycles. The Bertz CT molecular complexity index is 1130. The van der Waals surface area contributed by atoms with Crippen LogP contribution < -0.4 is 9.64 Å². The van der Waals surface area contributed by atoms with E-state index in [1.165, 1.54) is 11.8 Å². The lowest BCUT2D eigenvalue weighted by atomic mass is 9.99. The molecule has 0 bridgehead atoms. The van der Waals surface area contributed by atoms with Gasteiger partial charge in [0.15, 0.2) is 15.0 Å². The van der Waals surface area contributed by atoms with Gasteiger partial charge in [0.1, 0.15) is 5.75 Å². The third-order valence-corrected chi connectivity index (χ3v) is 8.85. The molecular formula is C23H26N2O4S2. The number of aliphatic imine (C=N–C) groups is 1. The van der Waals surface area contributed by atoms with Gasteiger partial charge in [0.2, 0.25) is 0 Å². The maximum atomic E-state index is 12.9. The van der Waals surface area contributed by atoms with Gasteiger partial charge in [-0.3, -0.25) is 4.79 Å². The molecule has 2 fully saturated rings. The van der Waals surface area contributed by atoms with Crippen molar-refractivity contribution in [2.45, 2.75) is 37.5 Å². The minimum atomic E-state index is -3.11. The van der Waals surface area contributed by atoms with E-state index in [0.29, 0.717) is 10.9 Å². The third kappa shape index (κ3) is 4.50. The lowest BCUT2D eigenvalue weighted by Crippen LogP contribution is -2.38. The highest BCUT2D eigenvalue weighted by atomic mass is 32.2. The van der Waals surface area contributed by atoms with Crippen molar-refractivity contribution < 1.29 is 17.9 Å². The molecule has 0 radical (unpaired) electrons. The molecule has 2 aliphatic rings. The summed E-state index contributed by atoms with van der Waals surface area (Å²) in [5.74, 6) is 0.824. The summed E-state index contributed by atoms with van der Waals surface area (Å²) in [6.45, 7) is 4.21. The monoisotopic (exact) mass is 458 g/mol. The van der Waals surface area contributed by atoms with Crippen molar-refractivity contribution in [3.8, 4) is 5.75 Å². The van der Waals surface area contributed by atoms with E-state index in [-0.39, 0.29) is 41.0 Å². The smallest absolute Gasteiger partial charge is 0.252 e. The van der Waals surface area contributed by atoms with Crippen LogP contribution in [0, 0.1) is 0 Å². The van der Waals surface area contributed by atoms with Crippen LogP contribution in [0.5, 0.6) is 5.75 Å². The molecular weight excluding hydrogens is 432 g/mol. The van der Waals surface area contributed by atoms with E-state index in [9.17, 15) is 13.2 Å². The van der Waals surface area contributed by atoms with Gasteiger partial charge in [-0.05, 0) is 23.6 Å². The van der Waals surface area contributed by atoms with Gasteiger partial charge in [-0.1, -0.05) is 62.0 Å². The fraction of sp³-hybridized carbons (Fsp3) is 0.391. The quantitative estimate of drug-likeness (QED) is 0.681. The van der Waals surface area contributed by atoms with Crippen molar-refractivity contribution in [2.75, 3.05) is 23.5 Å². The Morgan fingerprint density at radius 3 is 2.61 bits per heavy atom. The van der Waals surface area contributed by atoms with Crippen LogP contribution in [-0.2, 0) is 21.1 Å². The van der Waals surface area contributed by atoms with Crippen LogP contribution in [0.1, 0.15) is 30.9 Å². The van der Waals surface area contributed by atoms with Crippen LogP contribution >= 0.6 is 11.8 Å². The van der Waals surface area contributed by atoms with E-state index in [0.717, 1.165) is 16.8 Å². The predicted molar refractivity (Wildman–Crippen MR) is 126 cm³/mol. The lowest BCUT2D eigenvalue weighted by Gasteiger charge is -2.28. The molecule has 31 heavy (non-hydrogen) atoms. The second-order valence-electron chi connectivity index (χ2n) is 8.16. The normalized spacial score (nSPS) is 23.4. The minimum absolute atomic E-state index is 0.0802. The number of carbonyl (C=O) groups excluding carboxylic acids is 1. The number of ether oxygens (including phenoxy) is 1. The van der Waals surface area contributed by atoms with Gasteiger partial charge in [0, 0.05) is 16.5 Å². The average Bonchev–Trinajstić information content (AvgIpc) is 3.18. The zero-order valence-corrected chi connectivity index (χ0v) is 19.4. The highest BCUT2D eigenvalue weighted by molar-refractivity contribution is 8.16. The Hall–Kier alpha value is -2.32. The number of sulfone groups is 1. The van der Waals surface area contributed by atoms with Gasteiger partial charge in [-0.2, -0.15) is 4.99 Å². The maximum absolute atomic E-state index is 12.9. The summed E-state index contributed by atoms with van der Waals surface area (Å²) < 4.78 is 30.0. The standard InChI is InChI=1S/C23H26N2O4S2/c1-15(2)17-9-5-6-10-18(17)25-19-13-31(27,28)14-21(19)30-23(25)24-22(26)12-16-8-4-7-11-20(16)29-3/h4-11,15,19,21H,12-14H2,1-3H3/t19-,21+/m1/s1. The zero-order chi connectivity index (χ0) is 22.2. The lowest BCUT2D eigenvalue weighted by molar-refractivity contribution is -0.117. The molecule has 1 amide bonds. The van der Waals surface area contributed by atoms with Crippen LogP contribution in [0.25, 0.3) is 0 Å². The van der Waals surface area contributed by atoms with E-state index in [1.54, 1.807) is 7.11 Å². The number of hydrogen-bond acceptors (Lipinski definition) is 5. The Balaban J connectivity index is 1.70. The summed E-state index contributed by atoms with van der Waals surface area (Å²) in [6, 6.07) is 15.1. The van der Waals surface area contributed by atoms with Gasteiger partial charge >= 0.3 is 0 Å². The summed E-state index contributed by atoms with van der Waals surface area (Å²) in [5, 5.41) is 0.459. The summed E-state index contributed by atoms with van der Waals surface area (Å²) in [5.41, 5.74) is 2.82. The molecule has 0 spiro atoms. The fourth-order valence-corrected chi connectivity index (χ4v) is 8.12. The number of anilines is 1. The van der Waals surface area contributed by atoms with Gasteiger partial charge in [0.25, 0.3) is 5.91 Å². The van der Waals surface area contributed by atoms with Crippen molar-refractivity contribution in [1.29, 1.82) is 0 Å². The summed E-state index contributed by atoms with van der Waals surface area (Å²) in [7, 11) is -1.53. The molecule has 164 valence electrons. The van der Waals surface area contributed by atoms with Gasteiger partial charge in [-0.25, -0.2) is 8.42 Å². The van der Waals surface area contributed by atoms with Crippen LogP contribution in [-0.4, -0.2) is 49.4 Å². The Labute approximate surface area is 187 Å². The topological polar surface area (TPSA) is 76.0 Å². The summed E-state index contributed by atoms with van der Waals surface area (Å²) in [6.07, 6.45) is 0.126. The molecule has 0 N–H and O–H groups in total. The highest BCUT2D eigenvalue weighted by Crippen LogP contribution is 2.43. The SMILES string of the molecule is COc1ccccc1CC(=O)N=C1S[C@H]2CS(=O)(=O)C[C@H]2N1c1ccccc1C(C)C. The van der Waals surface area contributed by atoms with Gasteiger partial charge in [0.05, 0.1) is 31.1 Å². The van der Waals surface area contributed by atoms with E-state index in [2.05, 4.69) is 24.9 Å². The zero-order valence-electron chi connectivity index (χ0n) is 17.8. The van der Waals surface area contributed by atoms with Crippen molar-refractivity contribution in [2.24, 2.45) is 4.99 Å². The molecule has 6 nitrogen and oxygen atoms in total. The summed E-state index contributed by atoms with van der Waals surface area (Å²) in [4.78, 5) is 19.3. The number of hydrogen-bond donors (Lipinski definition) is 0. The van der Waals surface area contributed by atoms with Crippen molar-refractivity contribution >= 4 is 38.4 Å². The first kappa shape index (κ1) is 21.9. The number of fused-ring (bicyclic) bond motifs is 1. The summed E-state index contributed by atoms with van der Waals surface area (Å²) >= 11 is 1.40. The number of rotatable bonds is 5. The van der Waals surface area contributed by atoms with Gasteiger partial charge < -0.3 is 9.64 Å². The largest absolute Gasteiger partial charge is 0.496 e. The number of carbonyl (C=O) groups is 1. The Morgan fingerprint density at radius 2 is 1.87 bits per heavy atom. The van der Waals surface area contributed by atoms with Crippen molar-refractivity contribution in [3.05, 3.63) is 59.7 Å². The number of para-hydroxylation sites is 2. The number of methoxy groups -OCH3 is 1. The molecule has 0 saturated carbocycles. The molecule has 2 saturated heterocycles. The number of amides is 1.